The van der Waals surface area contributed by atoms with Crippen LogP contribution in [0.3, 0.4) is 0 Å². The number of rotatable bonds is 6. The maximum absolute atomic E-state index is 6.13. The number of halogens is 1. The van der Waals surface area contributed by atoms with E-state index in [2.05, 4.69) is 56.8 Å². The van der Waals surface area contributed by atoms with E-state index in [9.17, 15) is 0 Å². The van der Waals surface area contributed by atoms with Gasteiger partial charge in [0.2, 0.25) is 0 Å². The minimum atomic E-state index is 0.512. The maximum Gasteiger partial charge on any atom is 0.148 e. The highest BCUT2D eigenvalue weighted by Crippen LogP contribution is 2.26. The molecule has 134 valence electrons. The predicted molar refractivity (Wildman–Crippen MR) is 108 cm³/mol. The molecule has 0 spiro atoms. The Morgan fingerprint density at radius 2 is 1.85 bits per heavy atom. The lowest BCUT2D eigenvalue weighted by Gasteiger charge is -2.12. The summed E-state index contributed by atoms with van der Waals surface area (Å²) in [4.78, 5) is 8.09. The molecule has 0 amide bonds. The highest BCUT2D eigenvalue weighted by Gasteiger charge is 2.07. The third-order valence-electron chi connectivity index (χ3n) is 4.30. The van der Waals surface area contributed by atoms with Gasteiger partial charge in [0.05, 0.1) is 12.7 Å². The summed E-state index contributed by atoms with van der Waals surface area (Å²) < 4.78 is 1.92. The highest BCUT2D eigenvalue weighted by atomic mass is 35.5. The van der Waals surface area contributed by atoms with Gasteiger partial charge >= 0.3 is 0 Å². The number of nitrogens with one attached hydrogen (secondary N) is 1. The van der Waals surface area contributed by atoms with Crippen molar-refractivity contribution in [3.8, 4) is 11.1 Å². The Hall–Kier alpha value is -3.18. The molecule has 0 saturated carbocycles. The number of benzene rings is 2. The van der Waals surface area contributed by atoms with E-state index in [0.29, 0.717) is 17.4 Å². The first kappa shape index (κ1) is 17.2. The summed E-state index contributed by atoms with van der Waals surface area (Å²) >= 11 is 6.13. The molecule has 0 unspecified atom stereocenters. The fraction of sp³-hybridized carbons (Fsp3) is 0.0952. The van der Waals surface area contributed by atoms with Crippen LogP contribution in [0.5, 0.6) is 0 Å². The predicted octanol–water partition coefficient (Wildman–Crippen LogP) is 4.65. The van der Waals surface area contributed by atoms with Crippen molar-refractivity contribution in [3.05, 3.63) is 95.7 Å². The van der Waals surface area contributed by atoms with E-state index in [1.54, 1.807) is 12.4 Å². The summed E-state index contributed by atoms with van der Waals surface area (Å²) in [7, 11) is 0. The van der Waals surface area contributed by atoms with E-state index in [1.165, 1.54) is 28.6 Å². The third kappa shape index (κ3) is 4.15. The standard InChI is InChI=1S/C21H18ClN5/c22-20-13-23-15-25-21(20)24-12-18-4-1-2-5-19(18)17-8-6-16(7-9-17)14-27-11-3-10-26-27/h1-11,13,15H,12,14H2,(H,23,24,25). The molecule has 0 radical (unpaired) electrons. The van der Waals surface area contributed by atoms with Crippen LogP contribution >= 0.6 is 11.6 Å². The van der Waals surface area contributed by atoms with Crippen molar-refractivity contribution >= 4 is 17.4 Å². The number of aromatic nitrogens is 4. The summed E-state index contributed by atoms with van der Waals surface area (Å²) in [6.45, 7) is 1.39. The highest BCUT2D eigenvalue weighted by molar-refractivity contribution is 6.32. The summed E-state index contributed by atoms with van der Waals surface area (Å²) in [5.41, 5.74) is 4.74. The number of anilines is 1. The van der Waals surface area contributed by atoms with Crippen LogP contribution in [-0.4, -0.2) is 19.7 Å². The van der Waals surface area contributed by atoms with Gasteiger partial charge in [-0.15, -0.1) is 0 Å². The average Bonchev–Trinajstić information content (AvgIpc) is 3.21. The van der Waals surface area contributed by atoms with Gasteiger partial charge in [-0.25, -0.2) is 9.97 Å². The zero-order valence-electron chi connectivity index (χ0n) is 14.6. The molecule has 27 heavy (non-hydrogen) atoms. The minimum absolute atomic E-state index is 0.512. The lowest BCUT2D eigenvalue weighted by atomic mass is 9.98. The molecule has 0 saturated heterocycles. The summed E-state index contributed by atoms with van der Waals surface area (Å²) in [5.74, 6) is 0.635. The van der Waals surface area contributed by atoms with Crippen molar-refractivity contribution in [1.82, 2.24) is 19.7 Å². The number of hydrogen-bond acceptors (Lipinski definition) is 4. The second kappa shape index (κ2) is 8.01. The molecule has 0 bridgehead atoms. The van der Waals surface area contributed by atoms with Gasteiger partial charge in [0.1, 0.15) is 17.2 Å². The summed E-state index contributed by atoms with van der Waals surface area (Å²) in [6, 6.07) is 18.8. The topological polar surface area (TPSA) is 55.6 Å². The van der Waals surface area contributed by atoms with Gasteiger partial charge in [0.15, 0.2) is 0 Å². The van der Waals surface area contributed by atoms with Crippen LogP contribution in [0.25, 0.3) is 11.1 Å². The Morgan fingerprint density at radius 3 is 2.63 bits per heavy atom. The zero-order valence-corrected chi connectivity index (χ0v) is 15.3. The van der Waals surface area contributed by atoms with Crippen LogP contribution in [0, 0.1) is 0 Å². The lowest BCUT2D eigenvalue weighted by molar-refractivity contribution is 0.687. The van der Waals surface area contributed by atoms with Crippen molar-refractivity contribution in [2.24, 2.45) is 0 Å². The van der Waals surface area contributed by atoms with E-state index < -0.39 is 0 Å². The van der Waals surface area contributed by atoms with Crippen LogP contribution in [0.15, 0.2) is 79.5 Å². The molecule has 0 fully saturated rings. The first-order valence-electron chi connectivity index (χ1n) is 8.63. The number of hydrogen-bond donors (Lipinski definition) is 1. The first-order chi connectivity index (χ1) is 13.3. The molecule has 6 heteroatoms. The van der Waals surface area contributed by atoms with Crippen molar-refractivity contribution in [2.75, 3.05) is 5.32 Å². The second-order valence-electron chi connectivity index (χ2n) is 6.13. The van der Waals surface area contributed by atoms with E-state index >= 15 is 0 Å². The molecule has 4 aromatic rings. The quantitative estimate of drug-likeness (QED) is 0.532. The van der Waals surface area contributed by atoms with Crippen molar-refractivity contribution < 1.29 is 0 Å². The van der Waals surface area contributed by atoms with Gasteiger partial charge in [0.25, 0.3) is 0 Å². The van der Waals surface area contributed by atoms with Crippen molar-refractivity contribution in [2.45, 2.75) is 13.1 Å². The van der Waals surface area contributed by atoms with Crippen molar-refractivity contribution in [3.63, 3.8) is 0 Å². The van der Waals surface area contributed by atoms with Crippen LogP contribution in [-0.2, 0) is 13.1 Å². The molecule has 2 heterocycles. The monoisotopic (exact) mass is 375 g/mol. The molecule has 1 N–H and O–H groups in total. The lowest BCUT2D eigenvalue weighted by Crippen LogP contribution is -2.04. The van der Waals surface area contributed by atoms with Gasteiger partial charge in [-0.1, -0.05) is 60.1 Å². The first-order valence-corrected chi connectivity index (χ1v) is 9.01. The molecule has 0 aliphatic rings. The van der Waals surface area contributed by atoms with E-state index in [-0.39, 0.29) is 0 Å². The Kier molecular flexibility index (Phi) is 5.12. The zero-order chi connectivity index (χ0) is 18.5. The van der Waals surface area contributed by atoms with E-state index in [4.69, 9.17) is 11.6 Å². The number of nitrogens with zero attached hydrogens (tertiary/aromatic N) is 4. The third-order valence-corrected chi connectivity index (χ3v) is 4.58. The van der Waals surface area contributed by atoms with Crippen LogP contribution < -0.4 is 5.32 Å². The second-order valence-corrected chi connectivity index (χ2v) is 6.54. The van der Waals surface area contributed by atoms with Crippen LogP contribution in [0.2, 0.25) is 5.02 Å². The Bertz CT molecular complexity index is 1010. The average molecular weight is 376 g/mol. The van der Waals surface area contributed by atoms with Gasteiger partial charge in [-0.2, -0.15) is 5.10 Å². The van der Waals surface area contributed by atoms with Gasteiger partial charge in [-0.3, -0.25) is 4.68 Å². The van der Waals surface area contributed by atoms with Crippen LogP contribution in [0.4, 0.5) is 5.82 Å². The van der Waals surface area contributed by atoms with Gasteiger partial charge in [0, 0.05) is 18.9 Å². The van der Waals surface area contributed by atoms with Gasteiger partial charge < -0.3 is 5.32 Å². The van der Waals surface area contributed by atoms with E-state index in [1.807, 2.05) is 29.1 Å². The molecule has 0 atom stereocenters. The largest absolute Gasteiger partial charge is 0.365 e. The normalized spacial score (nSPS) is 10.7. The molecular weight excluding hydrogens is 358 g/mol. The Morgan fingerprint density at radius 1 is 1.00 bits per heavy atom. The van der Waals surface area contributed by atoms with Crippen molar-refractivity contribution in [1.29, 1.82) is 0 Å². The molecule has 0 aliphatic carbocycles. The molecule has 4 rings (SSSR count). The SMILES string of the molecule is Clc1cncnc1NCc1ccccc1-c1ccc(Cn2cccn2)cc1. The molecule has 2 aromatic heterocycles. The minimum Gasteiger partial charge on any atom is -0.365 e. The molecular formula is C21H18ClN5. The fourth-order valence-corrected chi connectivity index (χ4v) is 3.12. The smallest absolute Gasteiger partial charge is 0.148 e. The fourth-order valence-electron chi connectivity index (χ4n) is 2.95. The molecule has 2 aromatic carbocycles. The van der Waals surface area contributed by atoms with E-state index in [0.717, 1.165) is 6.54 Å². The Labute approximate surface area is 162 Å². The molecule has 0 aliphatic heterocycles. The Balaban J connectivity index is 1.53. The van der Waals surface area contributed by atoms with Crippen LogP contribution in [0.1, 0.15) is 11.1 Å². The summed E-state index contributed by atoms with van der Waals surface area (Å²) in [5, 5.41) is 8.05. The maximum atomic E-state index is 6.13. The van der Waals surface area contributed by atoms with Gasteiger partial charge in [-0.05, 0) is 28.3 Å². The molecule has 5 nitrogen and oxygen atoms in total. The summed E-state index contributed by atoms with van der Waals surface area (Å²) in [6.07, 6.45) is 6.83.